The van der Waals surface area contributed by atoms with Crippen molar-refractivity contribution in [3.8, 4) is 5.69 Å². The summed E-state index contributed by atoms with van der Waals surface area (Å²) in [5.41, 5.74) is 1.70. The lowest BCUT2D eigenvalue weighted by Gasteiger charge is -1.99. The molecule has 0 aliphatic rings. The van der Waals surface area contributed by atoms with E-state index < -0.39 is 9.84 Å². The van der Waals surface area contributed by atoms with Gasteiger partial charge < -0.3 is 0 Å². The lowest BCUT2D eigenvalue weighted by Crippen LogP contribution is -2.05. The third kappa shape index (κ3) is 4.81. The van der Waals surface area contributed by atoms with Crippen LogP contribution < -0.4 is 0 Å². The molecule has 0 N–H and O–H groups in total. The molecule has 0 radical (unpaired) electrons. The summed E-state index contributed by atoms with van der Waals surface area (Å²) in [7, 11) is -2.89. The Morgan fingerprint density at radius 1 is 1.30 bits per heavy atom. The highest BCUT2D eigenvalue weighted by molar-refractivity contribution is 7.99. The Bertz CT molecular complexity index is 668. The van der Waals surface area contributed by atoms with Crippen LogP contribution in [0.2, 0.25) is 5.02 Å². The molecule has 108 valence electrons. The highest BCUT2D eigenvalue weighted by Crippen LogP contribution is 2.14. The van der Waals surface area contributed by atoms with Gasteiger partial charge in [-0.2, -0.15) is 11.8 Å². The molecule has 0 aliphatic heterocycles. The molecule has 1 aromatic carbocycles. The van der Waals surface area contributed by atoms with Crippen LogP contribution in [0.5, 0.6) is 0 Å². The molecule has 0 atom stereocenters. The van der Waals surface area contributed by atoms with E-state index in [0.29, 0.717) is 16.5 Å². The number of thioether (sulfide) groups is 1. The van der Waals surface area contributed by atoms with Crippen LogP contribution in [0.15, 0.2) is 30.5 Å². The van der Waals surface area contributed by atoms with E-state index in [2.05, 4.69) is 10.3 Å². The third-order valence-corrected chi connectivity index (χ3v) is 4.93. The van der Waals surface area contributed by atoms with E-state index in [1.807, 2.05) is 18.3 Å². The summed E-state index contributed by atoms with van der Waals surface area (Å²) in [4.78, 5) is 0. The molecule has 0 amide bonds. The maximum Gasteiger partial charge on any atom is 0.148 e. The standard InChI is InChI=1S/C12H14ClN3O2S2/c1-20(17,18)7-6-19-9-11-8-16(15-14-11)12-4-2-10(13)3-5-12/h2-5,8H,6-7,9H2,1H3. The van der Waals surface area contributed by atoms with Crippen LogP contribution >= 0.6 is 23.4 Å². The zero-order valence-electron chi connectivity index (χ0n) is 10.9. The van der Waals surface area contributed by atoms with Crippen molar-refractivity contribution in [1.82, 2.24) is 15.0 Å². The van der Waals surface area contributed by atoms with E-state index in [4.69, 9.17) is 11.6 Å². The minimum Gasteiger partial charge on any atom is -0.229 e. The summed E-state index contributed by atoms with van der Waals surface area (Å²) >= 11 is 7.36. The van der Waals surface area contributed by atoms with Gasteiger partial charge in [0.25, 0.3) is 0 Å². The minimum absolute atomic E-state index is 0.184. The Balaban J connectivity index is 1.91. The highest BCUT2D eigenvalue weighted by atomic mass is 35.5. The van der Waals surface area contributed by atoms with E-state index in [1.165, 1.54) is 18.0 Å². The number of hydrogen-bond acceptors (Lipinski definition) is 5. The van der Waals surface area contributed by atoms with Crippen LogP contribution in [-0.4, -0.2) is 41.2 Å². The predicted molar refractivity (Wildman–Crippen MR) is 82.2 cm³/mol. The van der Waals surface area contributed by atoms with Crippen molar-refractivity contribution in [2.75, 3.05) is 17.8 Å². The summed E-state index contributed by atoms with van der Waals surface area (Å²) in [6.07, 6.45) is 3.07. The van der Waals surface area contributed by atoms with Crippen molar-refractivity contribution in [2.24, 2.45) is 0 Å². The average Bonchev–Trinajstić information content (AvgIpc) is 2.83. The zero-order chi connectivity index (χ0) is 14.6. The second-order valence-corrected chi connectivity index (χ2v) is 8.11. The van der Waals surface area contributed by atoms with Crippen LogP contribution in [0, 0.1) is 0 Å². The summed E-state index contributed by atoms with van der Waals surface area (Å²) < 4.78 is 23.7. The Morgan fingerprint density at radius 3 is 2.65 bits per heavy atom. The molecule has 0 fully saturated rings. The van der Waals surface area contributed by atoms with Gasteiger partial charge in [-0.25, -0.2) is 13.1 Å². The van der Waals surface area contributed by atoms with Gasteiger partial charge in [0, 0.05) is 22.8 Å². The number of hydrogen-bond donors (Lipinski definition) is 0. The summed E-state index contributed by atoms with van der Waals surface area (Å²) in [6, 6.07) is 7.30. The van der Waals surface area contributed by atoms with E-state index >= 15 is 0 Å². The largest absolute Gasteiger partial charge is 0.229 e. The summed E-state index contributed by atoms with van der Waals surface area (Å²) in [6.45, 7) is 0. The fourth-order valence-electron chi connectivity index (χ4n) is 1.47. The fourth-order valence-corrected chi connectivity index (χ4v) is 3.77. The lowest BCUT2D eigenvalue weighted by molar-refractivity contribution is 0.603. The summed E-state index contributed by atoms with van der Waals surface area (Å²) in [5.74, 6) is 1.39. The Labute approximate surface area is 127 Å². The summed E-state index contributed by atoms with van der Waals surface area (Å²) in [5, 5.41) is 8.77. The van der Waals surface area contributed by atoms with Crippen LogP contribution in [0.4, 0.5) is 0 Å². The molecule has 0 unspecified atom stereocenters. The van der Waals surface area contributed by atoms with Gasteiger partial charge in [-0.1, -0.05) is 16.8 Å². The van der Waals surface area contributed by atoms with Crippen molar-refractivity contribution in [3.63, 3.8) is 0 Å². The first-order valence-electron chi connectivity index (χ1n) is 5.87. The first-order chi connectivity index (χ1) is 9.44. The smallest absolute Gasteiger partial charge is 0.148 e. The number of halogens is 1. The molecule has 2 rings (SSSR count). The second-order valence-electron chi connectivity index (χ2n) is 4.31. The van der Waals surface area contributed by atoms with Crippen molar-refractivity contribution in [1.29, 1.82) is 0 Å². The number of aromatic nitrogens is 3. The number of nitrogens with zero attached hydrogens (tertiary/aromatic N) is 3. The average molecular weight is 332 g/mol. The first kappa shape index (κ1) is 15.3. The molecule has 0 saturated carbocycles. The van der Waals surface area contributed by atoms with Crippen molar-refractivity contribution < 1.29 is 8.42 Å². The molecule has 0 aliphatic carbocycles. The fraction of sp³-hybridized carbons (Fsp3) is 0.333. The molecule has 5 nitrogen and oxygen atoms in total. The maximum atomic E-state index is 11.0. The number of benzene rings is 1. The molecule has 2 aromatic rings. The van der Waals surface area contributed by atoms with Crippen molar-refractivity contribution in [3.05, 3.63) is 41.2 Å². The number of sulfone groups is 1. The van der Waals surface area contributed by atoms with Crippen LogP contribution in [0.25, 0.3) is 5.69 Å². The lowest BCUT2D eigenvalue weighted by atomic mass is 10.3. The number of rotatable bonds is 6. The SMILES string of the molecule is CS(=O)(=O)CCSCc1cn(-c2ccc(Cl)cc2)nn1. The zero-order valence-corrected chi connectivity index (χ0v) is 13.2. The van der Waals surface area contributed by atoms with E-state index in [1.54, 1.807) is 16.8 Å². The molecule has 20 heavy (non-hydrogen) atoms. The normalized spacial score (nSPS) is 11.7. The molecule has 1 heterocycles. The monoisotopic (exact) mass is 331 g/mol. The van der Waals surface area contributed by atoms with Gasteiger partial charge in [0.15, 0.2) is 0 Å². The second kappa shape index (κ2) is 6.60. The van der Waals surface area contributed by atoms with Crippen molar-refractivity contribution in [2.45, 2.75) is 5.75 Å². The Hall–Kier alpha value is -1.05. The van der Waals surface area contributed by atoms with Crippen molar-refractivity contribution >= 4 is 33.2 Å². The van der Waals surface area contributed by atoms with E-state index in [9.17, 15) is 8.42 Å². The van der Waals surface area contributed by atoms with Crippen LogP contribution in [0.1, 0.15) is 5.69 Å². The highest BCUT2D eigenvalue weighted by Gasteiger charge is 2.05. The molecule has 1 aromatic heterocycles. The van der Waals surface area contributed by atoms with Gasteiger partial charge in [0.1, 0.15) is 9.84 Å². The van der Waals surface area contributed by atoms with Crippen LogP contribution in [-0.2, 0) is 15.6 Å². The maximum absolute atomic E-state index is 11.0. The molecule has 8 heteroatoms. The van der Waals surface area contributed by atoms with Gasteiger partial charge in [-0.15, -0.1) is 5.10 Å². The molecular weight excluding hydrogens is 318 g/mol. The van der Waals surface area contributed by atoms with E-state index in [-0.39, 0.29) is 5.75 Å². The molecular formula is C12H14ClN3O2S2. The van der Waals surface area contributed by atoms with Gasteiger partial charge in [0.05, 0.1) is 23.3 Å². The Morgan fingerprint density at radius 2 is 2.00 bits per heavy atom. The molecule has 0 saturated heterocycles. The quantitative estimate of drug-likeness (QED) is 0.759. The van der Waals surface area contributed by atoms with Gasteiger partial charge in [0.2, 0.25) is 0 Å². The predicted octanol–water partition coefficient (Wildman–Crippen LogP) is 2.20. The minimum atomic E-state index is -2.89. The van der Waals surface area contributed by atoms with Gasteiger partial charge in [-0.3, -0.25) is 0 Å². The Kier molecular flexibility index (Phi) is 5.06. The van der Waals surface area contributed by atoms with Gasteiger partial charge in [-0.05, 0) is 24.3 Å². The van der Waals surface area contributed by atoms with E-state index in [0.717, 1.165) is 11.4 Å². The van der Waals surface area contributed by atoms with Crippen LogP contribution in [0.3, 0.4) is 0 Å². The third-order valence-electron chi connectivity index (χ3n) is 2.48. The molecule has 0 spiro atoms. The first-order valence-corrected chi connectivity index (χ1v) is 9.46. The molecule has 0 bridgehead atoms. The topological polar surface area (TPSA) is 64.8 Å². The van der Waals surface area contributed by atoms with Gasteiger partial charge >= 0.3 is 0 Å².